The van der Waals surface area contributed by atoms with Gasteiger partial charge in [0.05, 0.1) is 0 Å². The summed E-state index contributed by atoms with van der Waals surface area (Å²) < 4.78 is -0.693. The first-order chi connectivity index (χ1) is 6.63. The van der Waals surface area contributed by atoms with Gasteiger partial charge in [0.25, 0.3) is 5.91 Å². The molecule has 0 saturated heterocycles. The van der Waals surface area contributed by atoms with Gasteiger partial charge in [0, 0.05) is 4.90 Å². The summed E-state index contributed by atoms with van der Waals surface area (Å²) in [4.78, 5) is 12.0. The molecule has 14 heavy (non-hydrogen) atoms. The van der Waals surface area contributed by atoms with Crippen molar-refractivity contribution in [2.24, 2.45) is 5.84 Å². The molecule has 0 saturated carbocycles. The van der Waals surface area contributed by atoms with Crippen LogP contribution in [0.3, 0.4) is 0 Å². The van der Waals surface area contributed by atoms with Crippen molar-refractivity contribution in [1.29, 1.82) is 0 Å². The van der Waals surface area contributed by atoms with Crippen molar-refractivity contribution in [1.82, 2.24) is 5.43 Å². The molecule has 3 nitrogen and oxygen atoms in total. The van der Waals surface area contributed by atoms with Gasteiger partial charge in [0.2, 0.25) is 0 Å². The molecule has 3 N–H and O–H groups in total. The fraction of sp³-hybridized carbons (Fsp3) is 0.222. The zero-order valence-electron chi connectivity index (χ0n) is 7.66. The number of carbonyl (C=O) groups is 1. The Morgan fingerprint density at radius 3 is 2.93 bits per heavy atom. The Bertz CT molecular complexity index is 332. The van der Waals surface area contributed by atoms with Gasteiger partial charge >= 0.3 is 0 Å². The van der Waals surface area contributed by atoms with Gasteiger partial charge in [-0.05, 0) is 19.1 Å². The first-order valence-electron chi connectivity index (χ1n) is 4.01. The monoisotopic (exact) mass is 230 g/mol. The Morgan fingerprint density at radius 2 is 2.36 bits per heavy atom. The minimum Gasteiger partial charge on any atom is -0.292 e. The van der Waals surface area contributed by atoms with Crippen LogP contribution in [-0.2, 0) is 4.79 Å². The molecule has 1 atom stereocenters. The maximum absolute atomic E-state index is 11.0. The maximum Gasteiger partial charge on any atom is 0.262 e. The SMILES string of the molecule is Cc1cccc(SC(Cl)C(=O)NN)c1. The number of nitrogens with one attached hydrogen (secondary N) is 1. The number of rotatable bonds is 3. The van der Waals surface area contributed by atoms with Crippen molar-refractivity contribution in [3.63, 3.8) is 0 Å². The van der Waals surface area contributed by atoms with Crippen molar-refractivity contribution in [3.05, 3.63) is 29.8 Å². The molecule has 76 valence electrons. The third kappa shape index (κ3) is 3.21. The summed E-state index contributed by atoms with van der Waals surface area (Å²) in [6.07, 6.45) is 0. The molecule has 0 aliphatic carbocycles. The summed E-state index contributed by atoms with van der Waals surface area (Å²) in [6, 6.07) is 7.76. The van der Waals surface area contributed by atoms with E-state index in [1.807, 2.05) is 36.6 Å². The van der Waals surface area contributed by atoms with Gasteiger partial charge in [-0.25, -0.2) is 5.84 Å². The average molecular weight is 231 g/mol. The molecule has 1 unspecified atom stereocenters. The van der Waals surface area contributed by atoms with Gasteiger partial charge in [-0.3, -0.25) is 10.2 Å². The summed E-state index contributed by atoms with van der Waals surface area (Å²) in [5.74, 6) is 4.57. The third-order valence-corrected chi connectivity index (χ3v) is 2.99. The van der Waals surface area contributed by atoms with Crippen LogP contribution in [0.4, 0.5) is 0 Å². The standard InChI is InChI=1S/C9H11ClN2OS/c1-6-3-2-4-7(5-6)14-8(10)9(13)12-11/h2-5,8H,11H2,1H3,(H,12,13). The highest BCUT2D eigenvalue weighted by Crippen LogP contribution is 2.26. The Hall–Kier alpha value is -0.710. The van der Waals surface area contributed by atoms with Crippen LogP contribution in [-0.4, -0.2) is 10.6 Å². The van der Waals surface area contributed by atoms with E-state index in [2.05, 4.69) is 0 Å². The van der Waals surface area contributed by atoms with Crippen molar-refractivity contribution in [2.75, 3.05) is 0 Å². The lowest BCUT2D eigenvalue weighted by Crippen LogP contribution is -2.35. The average Bonchev–Trinajstić information content (AvgIpc) is 2.16. The van der Waals surface area contributed by atoms with Gasteiger partial charge in [0.1, 0.15) is 0 Å². The van der Waals surface area contributed by atoms with Crippen LogP contribution in [0.15, 0.2) is 29.2 Å². The first-order valence-corrected chi connectivity index (χ1v) is 5.33. The molecule has 1 rings (SSSR count). The molecule has 1 amide bonds. The Balaban J connectivity index is 2.64. The van der Waals surface area contributed by atoms with Crippen LogP contribution in [0.5, 0.6) is 0 Å². The van der Waals surface area contributed by atoms with Gasteiger partial charge in [-0.15, -0.1) is 0 Å². The molecule has 0 aromatic heterocycles. The van der Waals surface area contributed by atoms with Crippen molar-refractivity contribution in [3.8, 4) is 0 Å². The van der Waals surface area contributed by atoms with E-state index in [0.717, 1.165) is 10.5 Å². The summed E-state index contributed by atoms with van der Waals surface area (Å²) in [6.45, 7) is 1.98. The van der Waals surface area contributed by atoms with E-state index in [-0.39, 0.29) is 0 Å². The quantitative estimate of drug-likeness (QED) is 0.273. The van der Waals surface area contributed by atoms with E-state index in [1.165, 1.54) is 11.8 Å². The van der Waals surface area contributed by atoms with Crippen molar-refractivity contribution >= 4 is 29.3 Å². The smallest absolute Gasteiger partial charge is 0.262 e. The second-order valence-electron chi connectivity index (χ2n) is 2.76. The second kappa shape index (κ2) is 5.24. The number of halogens is 1. The largest absolute Gasteiger partial charge is 0.292 e. The Morgan fingerprint density at radius 1 is 1.64 bits per heavy atom. The van der Waals surface area contributed by atoms with Gasteiger partial charge in [0.15, 0.2) is 4.71 Å². The van der Waals surface area contributed by atoms with Gasteiger partial charge < -0.3 is 0 Å². The Labute approximate surface area is 92.0 Å². The fourth-order valence-electron chi connectivity index (χ4n) is 0.927. The first kappa shape index (κ1) is 11.4. The summed E-state index contributed by atoms with van der Waals surface area (Å²) in [5.41, 5.74) is 3.14. The van der Waals surface area contributed by atoms with Crippen LogP contribution in [0.25, 0.3) is 0 Å². The predicted molar refractivity (Wildman–Crippen MR) is 59.0 cm³/mol. The number of thioether (sulfide) groups is 1. The van der Waals surface area contributed by atoms with Gasteiger partial charge in [-0.1, -0.05) is 41.1 Å². The van der Waals surface area contributed by atoms with Crippen molar-refractivity contribution in [2.45, 2.75) is 16.5 Å². The van der Waals surface area contributed by atoms with Crippen LogP contribution in [0, 0.1) is 6.92 Å². The molecule has 1 aromatic rings. The van der Waals surface area contributed by atoms with Crippen LogP contribution in [0.2, 0.25) is 0 Å². The number of hydrogen-bond donors (Lipinski definition) is 2. The van der Waals surface area contributed by atoms with Crippen LogP contribution >= 0.6 is 23.4 Å². The van der Waals surface area contributed by atoms with E-state index < -0.39 is 10.6 Å². The zero-order chi connectivity index (χ0) is 10.6. The summed E-state index contributed by atoms with van der Waals surface area (Å²) in [5, 5.41) is 0. The number of aryl methyl sites for hydroxylation is 1. The molecule has 0 bridgehead atoms. The number of carbonyl (C=O) groups excluding carboxylic acids is 1. The molecule has 0 aliphatic heterocycles. The summed E-state index contributed by atoms with van der Waals surface area (Å²) >= 11 is 7.05. The van der Waals surface area contributed by atoms with E-state index in [4.69, 9.17) is 17.4 Å². The van der Waals surface area contributed by atoms with Crippen molar-refractivity contribution < 1.29 is 4.79 Å². The zero-order valence-corrected chi connectivity index (χ0v) is 9.23. The third-order valence-electron chi connectivity index (χ3n) is 1.58. The van der Waals surface area contributed by atoms with Crippen LogP contribution in [0.1, 0.15) is 5.56 Å². The molecular formula is C9H11ClN2OS. The second-order valence-corrected chi connectivity index (χ2v) is 4.63. The molecular weight excluding hydrogens is 220 g/mol. The molecule has 0 spiro atoms. The number of hydrazine groups is 1. The highest BCUT2D eigenvalue weighted by Gasteiger charge is 2.14. The maximum atomic E-state index is 11.0. The lowest BCUT2D eigenvalue weighted by atomic mass is 10.2. The minimum absolute atomic E-state index is 0.391. The van der Waals surface area contributed by atoms with Crippen LogP contribution < -0.4 is 11.3 Å². The van der Waals surface area contributed by atoms with E-state index in [9.17, 15) is 4.79 Å². The molecule has 1 aromatic carbocycles. The predicted octanol–water partition coefficient (Wildman–Crippen LogP) is 1.64. The van der Waals surface area contributed by atoms with E-state index >= 15 is 0 Å². The molecule has 0 heterocycles. The number of nitrogens with two attached hydrogens (primary N) is 1. The summed E-state index contributed by atoms with van der Waals surface area (Å²) in [7, 11) is 0. The Kier molecular flexibility index (Phi) is 4.25. The van der Waals surface area contributed by atoms with E-state index in [1.54, 1.807) is 0 Å². The minimum atomic E-state index is -0.693. The number of alkyl halides is 1. The van der Waals surface area contributed by atoms with Gasteiger partial charge in [-0.2, -0.15) is 0 Å². The number of benzene rings is 1. The molecule has 0 radical (unpaired) electrons. The highest BCUT2D eigenvalue weighted by molar-refractivity contribution is 8.01. The normalized spacial score (nSPS) is 12.2. The fourth-order valence-corrected chi connectivity index (χ4v) is 2.12. The van der Waals surface area contributed by atoms with E-state index in [0.29, 0.717) is 0 Å². The number of hydrogen-bond acceptors (Lipinski definition) is 3. The molecule has 0 aliphatic rings. The topological polar surface area (TPSA) is 55.1 Å². The number of amides is 1. The molecule has 5 heteroatoms. The lowest BCUT2D eigenvalue weighted by Gasteiger charge is -2.07. The highest BCUT2D eigenvalue weighted by atomic mass is 35.5. The molecule has 0 fully saturated rings. The lowest BCUT2D eigenvalue weighted by molar-refractivity contribution is -0.119.